The molecule has 4 heteroatoms. The number of rotatable bonds is 3. The van der Waals surface area contributed by atoms with Crippen LogP contribution in [0.2, 0.25) is 0 Å². The molecule has 0 fully saturated rings. The largest absolute Gasteiger partial charge is 0.870 e. The van der Waals surface area contributed by atoms with Crippen LogP contribution < -0.4 is 9.84 Å². The predicted molar refractivity (Wildman–Crippen MR) is 49.1 cm³/mol. The van der Waals surface area contributed by atoms with Gasteiger partial charge < -0.3 is 14.9 Å². The van der Waals surface area contributed by atoms with E-state index in [0.717, 1.165) is 6.08 Å². The number of hydrogen-bond donors (Lipinski definition) is 1. The lowest BCUT2D eigenvalue weighted by Gasteiger charge is -2.14. The number of hydrogen-bond acceptors (Lipinski definition) is 3. The zero-order chi connectivity index (χ0) is 10.6. The van der Waals surface area contributed by atoms with E-state index >= 15 is 0 Å². The molecule has 0 aromatic heterocycles. The van der Waals surface area contributed by atoms with Crippen molar-refractivity contribution in [1.29, 1.82) is 0 Å². The monoisotopic (exact) mass is 193 g/mol. The van der Waals surface area contributed by atoms with Gasteiger partial charge in [0.25, 0.3) is 0 Å². The molecular formula is C10H9O4-. The summed E-state index contributed by atoms with van der Waals surface area (Å²) in [7, 11) is 1.39. The molecule has 1 N–H and O–H groups in total. The van der Waals surface area contributed by atoms with Crippen LogP contribution in [-0.4, -0.2) is 18.2 Å². The second-order valence-electron chi connectivity index (χ2n) is 2.55. The van der Waals surface area contributed by atoms with Crippen molar-refractivity contribution in [2.24, 2.45) is 0 Å². The molecule has 0 aliphatic rings. The smallest absolute Gasteiger partial charge is 0.328 e. The Kier molecular flexibility index (Phi) is 3.12. The number of carboxylic acid groups (broad SMARTS) is 1. The topological polar surface area (TPSA) is 69.6 Å². The summed E-state index contributed by atoms with van der Waals surface area (Å²) in [4.78, 5) is 10.2. The van der Waals surface area contributed by atoms with Gasteiger partial charge in [-0.2, -0.15) is 0 Å². The molecule has 0 radical (unpaired) electrons. The molecule has 0 saturated heterocycles. The molecule has 0 heterocycles. The van der Waals surface area contributed by atoms with Gasteiger partial charge in [0.2, 0.25) is 0 Å². The van der Waals surface area contributed by atoms with Crippen LogP contribution in [0, 0.1) is 0 Å². The normalized spacial score (nSPS) is 10.4. The van der Waals surface area contributed by atoms with Crippen molar-refractivity contribution in [3.05, 3.63) is 29.8 Å². The van der Waals surface area contributed by atoms with Crippen molar-refractivity contribution in [2.75, 3.05) is 7.11 Å². The SMILES string of the molecule is COc1cccc(/C=C/C(=O)O)c1[O-]. The average Bonchev–Trinajstić information content (AvgIpc) is 2.16. The Labute approximate surface area is 81.1 Å². The minimum atomic E-state index is -1.09. The quantitative estimate of drug-likeness (QED) is 0.723. The standard InChI is InChI=1S/C10H10O4/c1-14-8-4-2-3-7(10(8)13)5-6-9(11)12/h2-6,13H,1H3,(H,11,12)/p-1/b6-5+. The van der Waals surface area contributed by atoms with E-state index < -0.39 is 5.97 Å². The second kappa shape index (κ2) is 4.32. The maximum atomic E-state index is 11.4. The number of ether oxygens (including phenoxy) is 1. The molecule has 4 nitrogen and oxygen atoms in total. The van der Waals surface area contributed by atoms with E-state index in [1.807, 2.05) is 0 Å². The Morgan fingerprint density at radius 3 is 2.86 bits per heavy atom. The van der Waals surface area contributed by atoms with E-state index in [0.29, 0.717) is 5.56 Å². The van der Waals surface area contributed by atoms with Crippen molar-refractivity contribution in [3.8, 4) is 11.5 Å². The summed E-state index contributed by atoms with van der Waals surface area (Å²) in [5.74, 6) is -1.20. The van der Waals surface area contributed by atoms with Gasteiger partial charge in [-0.3, -0.25) is 0 Å². The maximum Gasteiger partial charge on any atom is 0.328 e. The van der Waals surface area contributed by atoms with Gasteiger partial charge in [0.05, 0.1) is 7.11 Å². The fourth-order valence-electron chi connectivity index (χ4n) is 0.986. The highest BCUT2D eigenvalue weighted by Crippen LogP contribution is 2.27. The lowest BCUT2D eigenvalue weighted by atomic mass is 10.1. The van der Waals surface area contributed by atoms with E-state index in [1.165, 1.54) is 25.3 Å². The summed E-state index contributed by atoms with van der Waals surface area (Å²) in [6, 6.07) is 4.69. The van der Waals surface area contributed by atoms with Crippen molar-refractivity contribution in [2.45, 2.75) is 0 Å². The third-order valence-corrected chi connectivity index (χ3v) is 1.63. The van der Waals surface area contributed by atoms with Crippen LogP contribution in [0.1, 0.15) is 5.56 Å². The molecule has 74 valence electrons. The molecule has 0 unspecified atom stereocenters. The summed E-state index contributed by atoms with van der Waals surface area (Å²) in [6.07, 6.45) is 2.16. The predicted octanol–water partition coefficient (Wildman–Crippen LogP) is 0.867. The van der Waals surface area contributed by atoms with Crippen LogP contribution in [-0.2, 0) is 4.79 Å². The third-order valence-electron chi connectivity index (χ3n) is 1.63. The molecule has 1 aromatic carbocycles. The Bertz CT molecular complexity index is 368. The number of benzene rings is 1. The number of para-hydroxylation sites is 1. The first-order chi connectivity index (χ1) is 6.65. The average molecular weight is 193 g/mol. The molecular weight excluding hydrogens is 184 g/mol. The zero-order valence-corrected chi connectivity index (χ0v) is 7.56. The molecule has 1 aromatic rings. The van der Waals surface area contributed by atoms with Crippen molar-refractivity contribution >= 4 is 12.0 Å². The van der Waals surface area contributed by atoms with E-state index in [1.54, 1.807) is 6.07 Å². The van der Waals surface area contributed by atoms with Crippen LogP contribution in [0.15, 0.2) is 24.3 Å². The lowest BCUT2D eigenvalue weighted by Crippen LogP contribution is -1.97. The van der Waals surface area contributed by atoms with Crippen molar-refractivity contribution in [1.82, 2.24) is 0 Å². The van der Waals surface area contributed by atoms with Gasteiger partial charge in [-0.25, -0.2) is 4.79 Å². The first-order valence-corrected chi connectivity index (χ1v) is 3.90. The van der Waals surface area contributed by atoms with Crippen LogP contribution >= 0.6 is 0 Å². The molecule has 14 heavy (non-hydrogen) atoms. The molecule has 0 atom stereocenters. The van der Waals surface area contributed by atoms with Gasteiger partial charge in [-0.1, -0.05) is 17.9 Å². The zero-order valence-electron chi connectivity index (χ0n) is 7.56. The van der Waals surface area contributed by atoms with Crippen LogP contribution in [0.4, 0.5) is 0 Å². The Balaban J connectivity index is 3.03. The molecule has 0 aliphatic carbocycles. The first-order valence-electron chi connectivity index (χ1n) is 3.90. The maximum absolute atomic E-state index is 11.4. The molecule has 0 amide bonds. The molecule has 0 bridgehead atoms. The highest BCUT2D eigenvalue weighted by Gasteiger charge is 1.96. The third kappa shape index (κ3) is 2.26. The summed E-state index contributed by atoms with van der Waals surface area (Å²) < 4.78 is 4.80. The van der Waals surface area contributed by atoms with Gasteiger partial charge in [-0.05, 0) is 17.7 Å². The fraction of sp³-hybridized carbons (Fsp3) is 0.100. The highest BCUT2D eigenvalue weighted by atomic mass is 16.5. The molecule has 1 rings (SSSR count). The van der Waals surface area contributed by atoms with Crippen LogP contribution in [0.25, 0.3) is 6.08 Å². The molecule has 0 saturated carbocycles. The second-order valence-corrected chi connectivity index (χ2v) is 2.55. The van der Waals surface area contributed by atoms with Gasteiger partial charge >= 0.3 is 5.97 Å². The Morgan fingerprint density at radius 2 is 2.29 bits per heavy atom. The molecule has 0 spiro atoms. The Morgan fingerprint density at radius 1 is 1.57 bits per heavy atom. The van der Waals surface area contributed by atoms with E-state index in [4.69, 9.17) is 9.84 Å². The minimum absolute atomic E-state index is 0.206. The summed E-state index contributed by atoms with van der Waals surface area (Å²) in [5.41, 5.74) is 0.298. The van der Waals surface area contributed by atoms with Gasteiger partial charge in [0, 0.05) is 6.08 Å². The highest BCUT2D eigenvalue weighted by molar-refractivity contribution is 5.86. The fourth-order valence-corrected chi connectivity index (χ4v) is 0.986. The molecule has 0 aliphatic heterocycles. The van der Waals surface area contributed by atoms with Crippen molar-refractivity contribution < 1.29 is 19.7 Å². The van der Waals surface area contributed by atoms with E-state index in [9.17, 15) is 9.90 Å². The minimum Gasteiger partial charge on any atom is -0.870 e. The van der Waals surface area contributed by atoms with Crippen LogP contribution in [0.3, 0.4) is 0 Å². The first kappa shape index (κ1) is 10.1. The number of carbonyl (C=O) groups is 1. The van der Waals surface area contributed by atoms with Gasteiger partial charge in [-0.15, -0.1) is 0 Å². The van der Waals surface area contributed by atoms with Crippen LogP contribution in [0.5, 0.6) is 11.5 Å². The Hall–Kier alpha value is -1.97. The van der Waals surface area contributed by atoms with E-state index in [2.05, 4.69) is 0 Å². The van der Waals surface area contributed by atoms with Crippen molar-refractivity contribution in [3.63, 3.8) is 0 Å². The van der Waals surface area contributed by atoms with Gasteiger partial charge in [0.15, 0.2) is 0 Å². The number of aliphatic carboxylic acids is 1. The summed E-state index contributed by atoms with van der Waals surface area (Å²) >= 11 is 0. The van der Waals surface area contributed by atoms with Gasteiger partial charge in [0.1, 0.15) is 5.75 Å². The summed E-state index contributed by atoms with van der Waals surface area (Å²) in [6.45, 7) is 0. The number of carboxylic acids is 1. The van der Waals surface area contributed by atoms with E-state index in [-0.39, 0.29) is 11.5 Å². The number of methoxy groups -OCH3 is 1. The lowest BCUT2D eigenvalue weighted by molar-refractivity contribution is -0.270. The summed E-state index contributed by atoms with van der Waals surface area (Å²) in [5, 5.41) is 19.8.